The molecule has 2 aliphatic heterocycles. The monoisotopic (exact) mass is 470 g/mol. The van der Waals surface area contributed by atoms with E-state index < -0.39 is 0 Å². The highest BCUT2D eigenvalue weighted by Crippen LogP contribution is 2.57. The fraction of sp³-hybridized carbons (Fsp3) is 0.875. The lowest BCUT2D eigenvalue weighted by Crippen LogP contribution is -2.41. The maximum atomic E-state index is 5.80. The lowest BCUT2D eigenvalue weighted by atomic mass is 10.00. The van der Waals surface area contributed by atoms with Gasteiger partial charge in [-0.05, 0) is 34.4 Å². The van der Waals surface area contributed by atoms with Crippen LogP contribution in [0.2, 0.25) is 0 Å². The van der Waals surface area contributed by atoms with Gasteiger partial charge in [0.15, 0.2) is 0 Å². The van der Waals surface area contributed by atoms with Gasteiger partial charge in [-0.15, -0.1) is 0 Å². The van der Waals surface area contributed by atoms with E-state index >= 15 is 0 Å². The summed E-state index contributed by atoms with van der Waals surface area (Å²) in [6.45, 7) is 4.99. The number of thiocarbonyl (C=S) groups is 2. The average Bonchev–Trinajstić information content (AvgIpc) is 2.72. The molecule has 2 unspecified atom stereocenters. The van der Waals surface area contributed by atoms with Crippen LogP contribution in [0.4, 0.5) is 0 Å². The number of nitrogens with one attached hydrogen (secondary N) is 2. The molecule has 3 fully saturated rings. The molecule has 10 heteroatoms. The van der Waals surface area contributed by atoms with Crippen molar-refractivity contribution < 1.29 is 9.47 Å². The molecule has 1 aliphatic carbocycles. The van der Waals surface area contributed by atoms with E-state index in [1.165, 1.54) is 32.1 Å². The van der Waals surface area contributed by atoms with Gasteiger partial charge in [0.25, 0.3) is 0 Å². The number of rotatable bonds is 6. The van der Waals surface area contributed by atoms with Crippen LogP contribution in [0, 0.1) is 0 Å². The van der Waals surface area contributed by atoms with E-state index in [2.05, 4.69) is 10.6 Å². The summed E-state index contributed by atoms with van der Waals surface area (Å²) in [7, 11) is 7.33. The minimum atomic E-state index is 0.0531. The summed E-state index contributed by atoms with van der Waals surface area (Å²) in [5.41, 5.74) is 0. The first-order valence-corrected chi connectivity index (χ1v) is 14.2. The standard InChI is InChI=1S/C16H26N2O2S6/c21-14(12-10-17-6-8-19-12)23-25-16(4-2-1-3-5-16)26-24-15(22)13-11-18-7-9-20-13/h12-13,17-18H,1-11H2. The van der Waals surface area contributed by atoms with E-state index in [-0.39, 0.29) is 16.3 Å². The van der Waals surface area contributed by atoms with Gasteiger partial charge in [-0.2, -0.15) is 0 Å². The first kappa shape index (κ1) is 22.1. The Balaban J connectivity index is 1.50. The molecule has 0 aromatic heterocycles. The zero-order chi connectivity index (χ0) is 18.2. The molecule has 3 rings (SSSR count). The topological polar surface area (TPSA) is 42.5 Å². The fourth-order valence-corrected chi connectivity index (χ4v) is 10.6. The molecule has 4 nitrogen and oxygen atoms in total. The highest BCUT2D eigenvalue weighted by atomic mass is 33.1. The van der Waals surface area contributed by atoms with Gasteiger partial charge in [-0.3, -0.25) is 0 Å². The zero-order valence-corrected chi connectivity index (χ0v) is 19.6. The molecule has 26 heavy (non-hydrogen) atoms. The molecule has 0 radical (unpaired) electrons. The van der Waals surface area contributed by atoms with E-state index in [1.54, 1.807) is 21.6 Å². The highest BCUT2D eigenvalue weighted by Gasteiger charge is 2.36. The van der Waals surface area contributed by atoms with Crippen LogP contribution >= 0.6 is 67.6 Å². The Morgan fingerprint density at radius 3 is 1.73 bits per heavy atom. The van der Waals surface area contributed by atoms with Gasteiger partial charge in [0.1, 0.15) is 12.2 Å². The van der Waals surface area contributed by atoms with Gasteiger partial charge >= 0.3 is 0 Å². The first-order valence-electron chi connectivity index (χ1n) is 9.12. The van der Waals surface area contributed by atoms with Crippen molar-refractivity contribution in [2.45, 2.75) is 48.4 Å². The minimum absolute atomic E-state index is 0.0531. The van der Waals surface area contributed by atoms with Crippen molar-refractivity contribution in [2.24, 2.45) is 0 Å². The number of hydrogen-bond donors (Lipinski definition) is 2. The SMILES string of the molecule is S=C(SSC1(SSC(=S)C2CNCCO2)CCCCC1)C1CNCCO1. The molecule has 1 saturated carbocycles. The van der Waals surface area contributed by atoms with Crippen LogP contribution in [0.5, 0.6) is 0 Å². The summed E-state index contributed by atoms with van der Waals surface area (Å²) < 4.78 is 13.7. The molecule has 3 aliphatic rings. The van der Waals surface area contributed by atoms with Crippen LogP contribution in [-0.4, -0.2) is 64.1 Å². The van der Waals surface area contributed by atoms with Gasteiger partial charge in [-0.1, -0.05) is 65.3 Å². The van der Waals surface area contributed by atoms with E-state index in [4.69, 9.17) is 33.9 Å². The van der Waals surface area contributed by atoms with E-state index in [0.717, 1.165) is 47.8 Å². The maximum absolute atomic E-state index is 5.80. The predicted molar refractivity (Wildman–Crippen MR) is 127 cm³/mol. The predicted octanol–water partition coefficient (Wildman–Crippen LogP) is 4.04. The third kappa shape index (κ3) is 6.74. The van der Waals surface area contributed by atoms with Crippen molar-refractivity contribution in [3.8, 4) is 0 Å². The van der Waals surface area contributed by atoms with Crippen molar-refractivity contribution in [3.05, 3.63) is 0 Å². The summed E-state index contributed by atoms with van der Waals surface area (Å²) in [4.78, 5) is 0. The van der Waals surface area contributed by atoms with Gasteiger partial charge in [0.05, 0.1) is 25.7 Å². The summed E-state index contributed by atoms with van der Waals surface area (Å²) in [5.74, 6) is 0. The number of morpholine rings is 2. The third-order valence-electron chi connectivity index (χ3n) is 4.55. The van der Waals surface area contributed by atoms with E-state index in [1.807, 2.05) is 21.6 Å². The largest absolute Gasteiger partial charge is 0.369 e. The second-order valence-corrected chi connectivity index (χ2v) is 13.3. The molecule has 2 atom stereocenters. The van der Waals surface area contributed by atoms with E-state index in [9.17, 15) is 0 Å². The zero-order valence-electron chi connectivity index (χ0n) is 14.7. The highest BCUT2D eigenvalue weighted by molar-refractivity contribution is 8.92. The summed E-state index contributed by atoms with van der Waals surface area (Å²) in [5, 5.41) is 6.72. The summed E-state index contributed by atoms with van der Waals surface area (Å²) in [6, 6.07) is 0. The Morgan fingerprint density at radius 1 is 0.808 bits per heavy atom. The second-order valence-electron chi connectivity index (χ2n) is 6.57. The molecular weight excluding hydrogens is 445 g/mol. The van der Waals surface area contributed by atoms with Crippen molar-refractivity contribution in [1.82, 2.24) is 10.6 Å². The number of hydrogen-bond acceptors (Lipinski definition) is 10. The minimum Gasteiger partial charge on any atom is -0.369 e. The second kappa shape index (κ2) is 11.6. The molecule has 0 bridgehead atoms. The van der Waals surface area contributed by atoms with Crippen LogP contribution < -0.4 is 10.6 Å². The normalized spacial score (nSPS) is 29.2. The summed E-state index contributed by atoms with van der Waals surface area (Å²) >= 11 is 11.3. The molecule has 2 heterocycles. The molecule has 2 saturated heterocycles. The van der Waals surface area contributed by atoms with Crippen LogP contribution in [0.25, 0.3) is 0 Å². The molecule has 0 amide bonds. The van der Waals surface area contributed by atoms with Gasteiger partial charge in [0.2, 0.25) is 0 Å². The molecule has 148 valence electrons. The first-order chi connectivity index (χ1) is 12.7. The van der Waals surface area contributed by atoms with Gasteiger partial charge in [0, 0.05) is 26.2 Å². The Morgan fingerprint density at radius 2 is 1.31 bits per heavy atom. The van der Waals surface area contributed by atoms with Crippen molar-refractivity contribution in [2.75, 3.05) is 39.4 Å². The molecule has 0 spiro atoms. The molecule has 2 N–H and O–H groups in total. The van der Waals surface area contributed by atoms with Crippen LogP contribution in [0.15, 0.2) is 0 Å². The molecular formula is C16H26N2O2S6. The number of ether oxygens (including phenoxy) is 2. The Bertz CT molecular complexity index is 441. The molecule has 0 aromatic carbocycles. The van der Waals surface area contributed by atoms with Gasteiger partial charge < -0.3 is 20.1 Å². The molecule has 0 aromatic rings. The lowest BCUT2D eigenvalue weighted by molar-refractivity contribution is 0.0743. The van der Waals surface area contributed by atoms with Crippen molar-refractivity contribution in [1.29, 1.82) is 0 Å². The smallest absolute Gasteiger partial charge is 0.112 e. The lowest BCUT2D eigenvalue weighted by Gasteiger charge is -2.36. The Kier molecular flexibility index (Phi) is 9.84. The van der Waals surface area contributed by atoms with Crippen molar-refractivity contribution in [3.63, 3.8) is 0 Å². The van der Waals surface area contributed by atoms with Gasteiger partial charge in [-0.25, -0.2) is 0 Å². The quantitative estimate of drug-likeness (QED) is 0.338. The van der Waals surface area contributed by atoms with Crippen LogP contribution in [0.1, 0.15) is 32.1 Å². The Hall–Kier alpha value is 1.42. The third-order valence-corrected chi connectivity index (χ3v) is 13.3. The van der Waals surface area contributed by atoms with Crippen LogP contribution in [-0.2, 0) is 9.47 Å². The van der Waals surface area contributed by atoms with Crippen molar-refractivity contribution >= 4 is 76.0 Å². The van der Waals surface area contributed by atoms with E-state index in [0.29, 0.717) is 0 Å². The average molecular weight is 471 g/mol. The maximum Gasteiger partial charge on any atom is 0.112 e. The summed E-state index contributed by atoms with van der Waals surface area (Å²) in [6.07, 6.45) is 6.42. The fourth-order valence-electron chi connectivity index (χ4n) is 3.05. The Labute approximate surface area is 183 Å². The van der Waals surface area contributed by atoms with Crippen LogP contribution in [0.3, 0.4) is 0 Å².